The van der Waals surface area contributed by atoms with Crippen molar-refractivity contribution in [2.75, 3.05) is 26.2 Å². The lowest BCUT2D eigenvalue weighted by Crippen LogP contribution is -2.56. The molecule has 0 aliphatic carbocycles. The topological polar surface area (TPSA) is 88.1 Å². The number of hydrogen-bond donors (Lipinski definition) is 2. The molecule has 2 atom stereocenters. The lowest BCUT2D eigenvalue weighted by Gasteiger charge is -2.44. The fraction of sp³-hybridized carbons (Fsp3) is 0.680. The second-order valence-corrected chi connectivity index (χ2v) is 9.91. The molecule has 7 heteroatoms. The summed E-state index contributed by atoms with van der Waals surface area (Å²) < 4.78 is 10.9. The van der Waals surface area contributed by atoms with E-state index in [1.54, 1.807) is 18.7 Å². The fourth-order valence-corrected chi connectivity index (χ4v) is 4.17. The van der Waals surface area contributed by atoms with Gasteiger partial charge in [0.15, 0.2) is 0 Å². The summed E-state index contributed by atoms with van der Waals surface area (Å²) in [6.45, 7) is 12.8. The van der Waals surface area contributed by atoms with E-state index in [0.29, 0.717) is 45.5 Å². The number of benzene rings is 1. The molecule has 1 aromatic rings. The first-order valence-corrected chi connectivity index (χ1v) is 11.6. The van der Waals surface area contributed by atoms with Crippen LogP contribution in [-0.2, 0) is 19.9 Å². The minimum atomic E-state index is -0.967. The van der Waals surface area contributed by atoms with Crippen LogP contribution >= 0.6 is 0 Å². The second kappa shape index (κ2) is 10.7. The van der Waals surface area contributed by atoms with Crippen LogP contribution in [0.3, 0.4) is 0 Å². The first-order valence-electron chi connectivity index (χ1n) is 11.6. The van der Waals surface area contributed by atoms with Crippen molar-refractivity contribution in [3.05, 3.63) is 35.9 Å². The Balaban J connectivity index is 2.02. The van der Waals surface area contributed by atoms with Crippen LogP contribution in [0.2, 0.25) is 0 Å². The number of carbonyl (C=O) groups is 2. The molecule has 1 amide bonds. The van der Waals surface area contributed by atoms with Gasteiger partial charge in [0, 0.05) is 19.1 Å². The predicted molar refractivity (Wildman–Crippen MR) is 124 cm³/mol. The van der Waals surface area contributed by atoms with Gasteiger partial charge in [-0.3, -0.25) is 4.79 Å². The normalized spacial score (nSPS) is 19.0. The summed E-state index contributed by atoms with van der Waals surface area (Å²) >= 11 is 0. The van der Waals surface area contributed by atoms with Crippen LogP contribution < -0.4 is 5.32 Å². The molecule has 1 heterocycles. The van der Waals surface area contributed by atoms with Crippen molar-refractivity contribution >= 4 is 12.1 Å². The van der Waals surface area contributed by atoms with Gasteiger partial charge >= 0.3 is 12.1 Å². The van der Waals surface area contributed by atoms with Gasteiger partial charge in [-0.1, -0.05) is 30.3 Å². The summed E-state index contributed by atoms with van der Waals surface area (Å²) in [5.41, 5.74) is -1.39. The number of amides is 1. The summed E-state index contributed by atoms with van der Waals surface area (Å²) in [4.78, 5) is 27.1. The number of likely N-dealkylation sites (tertiary alicyclic amines) is 1. The number of carbonyl (C=O) groups excluding carboxylic acids is 2. The average molecular weight is 449 g/mol. The number of piperidine rings is 1. The minimum Gasteiger partial charge on any atom is -0.466 e. The Morgan fingerprint density at radius 3 is 2.28 bits per heavy atom. The van der Waals surface area contributed by atoms with E-state index in [-0.39, 0.29) is 18.1 Å². The quantitative estimate of drug-likeness (QED) is 0.588. The van der Waals surface area contributed by atoms with E-state index in [0.717, 1.165) is 5.56 Å². The van der Waals surface area contributed by atoms with Gasteiger partial charge in [0.25, 0.3) is 0 Å². The maximum absolute atomic E-state index is 13.0. The van der Waals surface area contributed by atoms with E-state index in [4.69, 9.17) is 9.47 Å². The molecule has 0 unspecified atom stereocenters. The predicted octanol–water partition coefficient (Wildman–Crippen LogP) is 3.84. The van der Waals surface area contributed by atoms with Crippen LogP contribution in [0.4, 0.5) is 4.79 Å². The highest BCUT2D eigenvalue weighted by atomic mass is 16.6. The number of ether oxygens (including phenoxy) is 2. The van der Waals surface area contributed by atoms with E-state index in [1.165, 1.54) is 0 Å². The number of rotatable bonds is 8. The van der Waals surface area contributed by atoms with Crippen LogP contribution in [-0.4, -0.2) is 60.0 Å². The number of hydrogen-bond acceptors (Lipinski definition) is 6. The van der Waals surface area contributed by atoms with Crippen molar-refractivity contribution in [2.24, 2.45) is 5.41 Å². The molecule has 1 aliphatic rings. The van der Waals surface area contributed by atoms with Crippen LogP contribution in [0.25, 0.3) is 0 Å². The van der Waals surface area contributed by atoms with Crippen LogP contribution in [0.1, 0.15) is 66.4 Å². The molecule has 0 spiro atoms. The maximum Gasteiger partial charge on any atom is 0.410 e. The maximum atomic E-state index is 13.0. The van der Waals surface area contributed by atoms with Crippen LogP contribution in [0.5, 0.6) is 0 Å². The molecule has 1 aromatic carbocycles. The van der Waals surface area contributed by atoms with Gasteiger partial charge in [0.2, 0.25) is 0 Å². The third-order valence-corrected chi connectivity index (χ3v) is 6.28. The van der Waals surface area contributed by atoms with Crippen LogP contribution in [0, 0.1) is 5.41 Å². The highest BCUT2D eigenvalue weighted by molar-refractivity contribution is 5.78. The van der Waals surface area contributed by atoms with E-state index in [9.17, 15) is 14.7 Å². The summed E-state index contributed by atoms with van der Waals surface area (Å²) in [5, 5.41) is 14.3. The lowest BCUT2D eigenvalue weighted by atomic mass is 9.72. The van der Waals surface area contributed by atoms with Gasteiger partial charge < -0.3 is 24.8 Å². The SMILES string of the molecule is CCOC(=O)C1([C@H](C)NCC[C@@](C)(O)c2ccccc2)CCN(C(=O)OC(C)(C)C)CC1. The molecule has 2 rings (SSSR count). The molecule has 0 radical (unpaired) electrons. The van der Waals surface area contributed by atoms with Gasteiger partial charge in [0.05, 0.1) is 17.6 Å². The second-order valence-electron chi connectivity index (χ2n) is 9.91. The Kier molecular flexibility index (Phi) is 8.71. The zero-order valence-corrected chi connectivity index (χ0v) is 20.4. The highest BCUT2D eigenvalue weighted by Gasteiger charge is 2.48. The Morgan fingerprint density at radius 1 is 1.16 bits per heavy atom. The van der Waals surface area contributed by atoms with Crippen molar-refractivity contribution < 1.29 is 24.2 Å². The van der Waals surface area contributed by atoms with E-state index in [1.807, 2.05) is 58.0 Å². The molecule has 0 bridgehead atoms. The number of aliphatic hydroxyl groups is 1. The monoisotopic (exact) mass is 448 g/mol. The van der Waals surface area contributed by atoms with Gasteiger partial charge in [0.1, 0.15) is 5.60 Å². The van der Waals surface area contributed by atoms with Gasteiger partial charge in [-0.2, -0.15) is 0 Å². The molecule has 180 valence electrons. The molecule has 1 fully saturated rings. The zero-order chi connectivity index (χ0) is 24.0. The van der Waals surface area contributed by atoms with Gasteiger partial charge in [-0.15, -0.1) is 0 Å². The summed E-state index contributed by atoms with van der Waals surface area (Å²) in [7, 11) is 0. The molecule has 7 nitrogen and oxygen atoms in total. The molecule has 32 heavy (non-hydrogen) atoms. The van der Waals surface area contributed by atoms with Crippen molar-refractivity contribution in [2.45, 2.75) is 78.0 Å². The van der Waals surface area contributed by atoms with Crippen molar-refractivity contribution in [1.82, 2.24) is 10.2 Å². The summed E-state index contributed by atoms with van der Waals surface area (Å²) in [6.07, 6.45) is 1.14. The fourth-order valence-electron chi connectivity index (χ4n) is 4.17. The van der Waals surface area contributed by atoms with Crippen molar-refractivity contribution in [3.63, 3.8) is 0 Å². The Hall–Kier alpha value is -2.12. The van der Waals surface area contributed by atoms with Gasteiger partial charge in [-0.05, 0) is 72.9 Å². The standard InChI is InChI=1S/C25H40N2O5/c1-7-31-21(28)25(14-17-27(18-15-25)22(29)32-23(3,4)5)19(2)26-16-13-24(6,30)20-11-9-8-10-12-20/h8-12,19,26,30H,7,13-18H2,1-6H3/t19-,24+/m0/s1. The molecule has 2 N–H and O–H groups in total. The summed E-state index contributed by atoms with van der Waals surface area (Å²) in [6, 6.07) is 9.40. The van der Waals surface area contributed by atoms with Gasteiger partial charge in [-0.25, -0.2) is 4.79 Å². The van der Waals surface area contributed by atoms with Crippen molar-refractivity contribution in [1.29, 1.82) is 0 Å². The van der Waals surface area contributed by atoms with E-state index >= 15 is 0 Å². The molecular weight excluding hydrogens is 408 g/mol. The molecule has 0 aromatic heterocycles. The van der Waals surface area contributed by atoms with E-state index in [2.05, 4.69) is 5.32 Å². The molecule has 1 aliphatic heterocycles. The van der Waals surface area contributed by atoms with E-state index < -0.39 is 16.6 Å². The highest BCUT2D eigenvalue weighted by Crippen LogP contribution is 2.37. The smallest absolute Gasteiger partial charge is 0.410 e. The number of nitrogens with one attached hydrogen (secondary N) is 1. The zero-order valence-electron chi connectivity index (χ0n) is 20.4. The third kappa shape index (κ3) is 6.69. The Bertz CT molecular complexity index is 749. The number of esters is 1. The Labute approximate surface area is 192 Å². The molecular formula is C25H40N2O5. The first kappa shape index (κ1) is 26.1. The Morgan fingerprint density at radius 2 is 1.75 bits per heavy atom. The van der Waals surface area contributed by atoms with Crippen molar-refractivity contribution in [3.8, 4) is 0 Å². The largest absolute Gasteiger partial charge is 0.466 e. The third-order valence-electron chi connectivity index (χ3n) is 6.28. The lowest BCUT2D eigenvalue weighted by molar-refractivity contribution is -0.160. The number of nitrogens with zero attached hydrogens (tertiary/aromatic N) is 1. The average Bonchev–Trinajstić information content (AvgIpc) is 2.73. The molecule has 0 saturated carbocycles. The summed E-state index contributed by atoms with van der Waals surface area (Å²) in [5.74, 6) is -0.237. The van der Waals surface area contributed by atoms with Crippen LogP contribution in [0.15, 0.2) is 30.3 Å². The first-order chi connectivity index (χ1) is 14.9. The molecule has 1 saturated heterocycles. The minimum absolute atomic E-state index is 0.172.